The lowest BCUT2D eigenvalue weighted by Gasteiger charge is -2.26. The van der Waals surface area contributed by atoms with Crippen molar-refractivity contribution >= 4 is 29.2 Å². The quantitative estimate of drug-likeness (QED) is 0.774. The number of nitrogens with zero attached hydrogens (tertiary/aromatic N) is 3. The third kappa shape index (κ3) is 3.67. The fraction of sp³-hybridized carbons (Fsp3) is 0.391. The molecule has 0 spiro atoms. The lowest BCUT2D eigenvalue weighted by atomic mass is 10.0. The van der Waals surface area contributed by atoms with Gasteiger partial charge in [0.1, 0.15) is 5.92 Å². The van der Waals surface area contributed by atoms with Crippen LogP contribution in [0.3, 0.4) is 0 Å². The first-order chi connectivity index (χ1) is 13.7. The van der Waals surface area contributed by atoms with E-state index in [4.69, 9.17) is 0 Å². The van der Waals surface area contributed by atoms with Crippen LogP contribution in [0.4, 0.5) is 17.1 Å². The summed E-state index contributed by atoms with van der Waals surface area (Å²) in [4.78, 5) is 21.8. The highest BCUT2D eigenvalue weighted by atomic mass is 16.2. The summed E-state index contributed by atoms with van der Waals surface area (Å²) < 4.78 is 0. The van der Waals surface area contributed by atoms with Gasteiger partial charge in [-0.15, -0.1) is 0 Å². The van der Waals surface area contributed by atoms with Gasteiger partial charge in [-0.2, -0.15) is 0 Å². The maximum Gasteiger partial charge on any atom is 0.237 e. The SMILES string of the molecule is CCN(CC)C1CCN(c2ccc(N=CC3C(=O)Nc4ccccc43)cc2)C1. The summed E-state index contributed by atoms with van der Waals surface area (Å²) in [5, 5.41) is 2.91. The topological polar surface area (TPSA) is 47.9 Å². The largest absolute Gasteiger partial charge is 0.370 e. The van der Waals surface area contributed by atoms with Crippen LogP contribution in [0.1, 0.15) is 31.7 Å². The molecule has 0 aliphatic carbocycles. The van der Waals surface area contributed by atoms with Crippen LogP contribution < -0.4 is 10.2 Å². The number of anilines is 2. The highest BCUT2D eigenvalue weighted by Gasteiger charge is 2.28. The molecule has 1 fully saturated rings. The number of hydrogen-bond acceptors (Lipinski definition) is 4. The van der Waals surface area contributed by atoms with Crippen LogP contribution >= 0.6 is 0 Å². The Morgan fingerprint density at radius 3 is 2.64 bits per heavy atom. The molecule has 0 radical (unpaired) electrons. The summed E-state index contributed by atoms with van der Waals surface area (Å²) in [7, 11) is 0. The minimum absolute atomic E-state index is 0.0129. The number of nitrogens with one attached hydrogen (secondary N) is 1. The predicted molar refractivity (Wildman–Crippen MR) is 116 cm³/mol. The van der Waals surface area contributed by atoms with Crippen molar-refractivity contribution in [3.8, 4) is 0 Å². The Labute approximate surface area is 167 Å². The van der Waals surface area contributed by atoms with Crippen molar-refractivity contribution in [1.29, 1.82) is 0 Å². The summed E-state index contributed by atoms with van der Waals surface area (Å²) in [6.45, 7) is 8.89. The fourth-order valence-corrected chi connectivity index (χ4v) is 4.31. The Hall–Kier alpha value is -2.66. The molecule has 2 aromatic rings. The van der Waals surface area contributed by atoms with Gasteiger partial charge in [0, 0.05) is 36.7 Å². The molecule has 4 rings (SSSR count). The molecule has 1 saturated heterocycles. The van der Waals surface area contributed by atoms with E-state index in [0.717, 1.165) is 43.1 Å². The van der Waals surface area contributed by atoms with Crippen LogP contribution in [-0.4, -0.2) is 49.2 Å². The predicted octanol–water partition coefficient (Wildman–Crippen LogP) is 4.05. The molecule has 1 N–H and O–H groups in total. The smallest absolute Gasteiger partial charge is 0.237 e. The van der Waals surface area contributed by atoms with Gasteiger partial charge >= 0.3 is 0 Å². The second kappa shape index (κ2) is 8.15. The minimum Gasteiger partial charge on any atom is -0.370 e. The van der Waals surface area contributed by atoms with Crippen LogP contribution in [0.15, 0.2) is 53.5 Å². The molecule has 2 aliphatic rings. The van der Waals surface area contributed by atoms with Crippen LogP contribution in [0, 0.1) is 0 Å². The van der Waals surface area contributed by atoms with Crippen LogP contribution in [0.5, 0.6) is 0 Å². The van der Waals surface area contributed by atoms with Crippen molar-refractivity contribution < 1.29 is 4.79 Å². The molecule has 0 saturated carbocycles. The summed E-state index contributed by atoms with van der Waals surface area (Å²) in [5.41, 5.74) is 4.00. The molecule has 1 amide bonds. The number of carbonyl (C=O) groups is 1. The molecule has 2 unspecified atom stereocenters. The minimum atomic E-state index is -0.315. The highest BCUT2D eigenvalue weighted by Crippen LogP contribution is 2.31. The average Bonchev–Trinajstić information content (AvgIpc) is 3.32. The van der Waals surface area contributed by atoms with E-state index in [9.17, 15) is 4.79 Å². The molecule has 2 heterocycles. The van der Waals surface area contributed by atoms with Gasteiger partial charge in [0.05, 0.1) is 5.69 Å². The summed E-state index contributed by atoms with van der Waals surface area (Å²) >= 11 is 0. The van der Waals surface area contributed by atoms with Crippen molar-refractivity contribution in [3.63, 3.8) is 0 Å². The zero-order valence-corrected chi connectivity index (χ0v) is 16.6. The van der Waals surface area contributed by atoms with E-state index in [-0.39, 0.29) is 11.8 Å². The number of amides is 1. The number of benzene rings is 2. The maximum atomic E-state index is 12.2. The first-order valence-electron chi connectivity index (χ1n) is 10.2. The summed E-state index contributed by atoms with van der Waals surface area (Å²) in [6.07, 6.45) is 2.97. The third-order valence-corrected chi connectivity index (χ3v) is 5.92. The number of likely N-dealkylation sites (N-methyl/N-ethyl adjacent to an activating group) is 1. The van der Waals surface area contributed by atoms with E-state index in [0.29, 0.717) is 6.04 Å². The van der Waals surface area contributed by atoms with Crippen LogP contribution in [-0.2, 0) is 4.79 Å². The van der Waals surface area contributed by atoms with Crippen molar-refractivity contribution in [3.05, 3.63) is 54.1 Å². The number of para-hydroxylation sites is 1. The molecule has 5 heteroatoms. The van der Waals surface area contributed by atoms with Gasteiger partial charge in [-0.1, -0.05) is 32.0 Å². The molecule has 0 bridgehead atoms. The number of rotatable bonds is 6. The molecular formula is C23H28N4O. The van der Waals surface area contributed by atoms with Crippen molar-refractivity contribution in [2.75, 3.05) is 36.4 Å². The normalized spacial score (nSPS) is 21.5. The molecular weight excluding hydrogens is 348 g/mol. The molecule has 2 aliphatic heterocycles. The third-order valence-electron chi connectivity index (χ3n) is 5.92. The first kappa shape index (κ1) is 18.7. The Morgan fingerprint density at radius 2 is 1.89 bits per heavy atom. The Balaban J connectivity index is 1.42. The summed E-state index contributed by atoms with van der Waals surface area (Å²) in [5.74, 6) is -0.328. The van der Waals surface area contributed by atoms with E-state index in [1.54, 1.807) is 6.21 Å². The van der Waals surface area contributed by atoms with E-state index in [2.05, 4.69) is 46.1 Å². The van der Waals surface area contributed by atoms with Gasteiger partial charge in [0.15, 0.2) is 0 Å². The van der Waals surface area contributed by atoms with Crippen molar-refractivity contribution in [1.82, 2.24) is 4.90 Å². The number of fused-ring (bicyclic) bond motifs is 1. The van der Waals surface area contributed by atoms with Crippen LogP contribution in [0.25, 0.3) is 0 Å². The monoisotopic (exact) mass is 376 g/mol. The van der Waals surface area contributed by atoms with Gasteiger partial charge in [-0.05, 0) is 55.4 Å². The number of hydrogen-bond donors (Lipinski definition) is 1. The lowest BCUT2D eigenvalue weighted by molar-refractivity contribution is -0.115. The second-order valence-electron chi connectivity index (χ2n) is 7.46. The van der Waals surface area contributed by atoms with Gasteiger partial charge < -0.3 is 10.2 Å². The first-order valence-corrected chi connectivity index (χ1v) is 10.2. The summed E-state index contributed by atoms with van der Waals surface area (Å²) in [6, 6.07) is 16.8. The molecule has 28 heavy (non-hydrogen) atoms. The molecule has 5 nitrogen and oxygen atoms in total. The zero-order chi connectivity index (χ0) is 19.5. The van der Waals surface area contributed by atoms with Gasteiger partial charge in [-0.25, -0.2) is 0 Å². The zero-order valence-electron chi connectivity index (χ0n) is 16.6. The maximum absolute atomic E-state index is 12.2. The fourth-order valence-electron chi connectivity index (χ4n) is 4.31. The molecule has 146 valence electrons. The van der Waals surface area contributed by atoms with E-state index in [1.807, 2.05) is 36.4 Å². The Morgan fingerprint density at radius 1 is 1.14 bits per heavy atom. The number of aliphatic imine (C=N–C) groups is 1. The van der Waals surface area contributed by atoms with Gasteiger partial charge in [-0.3, -0.25) is 14.7 Å². The van der Waals surface area contributed by atoms with E-state index >= 15 is 0 Å². The molecule has 2 aromatic carbocycles. The van der Waals surface area contributed by atoms with Crippen molar-refractivity contribution in [2.24, 2.45) is 4.99 Å². The highest BCUT2D eigenvalue weighted by molar-refractivity contribution is 6.12. The number of carbonyl (C=O) groups excluding carboxylic acids is 1. The van der Waals surface area contributed by atoms with Gasteiger partial charge in [0.2, 0.25) is 5.91 Å². The van der Waals surface area contributed by atoms with Crippen molar-refractivity contribution in [2.45, 2.75) is 32.2 Å². The Bertz CT molecular complexity index is 857. The lowest BCUT2D eigenvalue weighted by Crippen LogP contribution is -2.37. The van der Waals surface area contributed by atoms with Gasteiger partial charge in [0.25, 0.3) is 0 Å². The van der Waals surface area contributed by atoms with E-state index in [1.165, 1.54) is 12.1 Å². The Kier molecular flexibility index (Phi) is 5.44. The average molecular weight is 377 g/mol. The van der Waals surface area contributed by atoms with E-state index < -0.39 is 0 Å². The standard InChI is InChI=1S/C23H28N4O/c1-3-26(4-2)19-13-14-27(16-19)18-11-9-17(10-12-18)24-15-21-20-7-5-6-8-22(20)25-23(21)28/h5-12,15,19,21H,3-4,13-14,16H2,1-2H3,(H,25,28). The second-order valence-corrected chi connectivity index (χ2v) is 7.46. The van der Waals surface area contributed by atoms with Crippen LogP contribution in [0.2, 0.25) is 0 Å². The molecule has 2 atom stereocenters. The molecule has 0 aromatic heterocycles.